The number of aliphatic hydroxyl groups excluding tert-OH is 1. The van der Waals surface area contributed by atoms with Gasteiger partial charge in [-0.05, 0) is 12.3 Å². The number of ether oxygens (including phenoxy) is 2. The summed E-state index contributed by atoms with van der Waals surface area (Å²) in [5.41, 5.74) is 0.560. The Morgan fingerprint density at radius 1 is 1.19 bits per heavy atom. The molecule has 3 N–H and O–H groups in total. The van der Waals surface area contributed by atoms with E-state index in [2.05, 4.69) is 10.6 Å². The van der Waals surface area contributed by atoms with Crippen molar-refractivity contribution in [3.05, 3.63) is 18.2 Å². The van der Waals surface area contributed by atoms with E-state index >= 15 is 0 Å². The first-order chi connectivity index (χ1) is 9.98. The maximum absolute atomic E-state index is 11.9. The van der Waals surface area contributed by atoms with Crippen molar-refractivity contribution in [3.8, 4) is 11.5 Å². The van der Waals surface area contributed by atoms with E-state index in [0.717, 1.165) is 0 Å². The molecule has 0 aliphatic carbocycles. The summed E-state index contributed by atoms with van der Waals surface area (Å²) in [7, 11) is 3.09. The van der Waals surface area contributed by atoms with Gasteiger partial charge in [0.25, 0.3) is 0 Å². The number of urea groups is 1. The molecule has 6 heteroatoms. The molecule has 0 fully saturated rings. The van der Waals surface area contributed by atoms with Gasteiger partial charge in [-0.1, -0.05) is 13.8 Å². The van der Waals surface area contributed by atoms with Gasteiger partial charge in [0, 0.05) is 23.9 Å². The van der Waals surface area contributed by atoms with Crippen LogP contribution in [0, 0.1) is 5.92 Å². The number of aliphatic hydroxyl groups is 1. The number of benzene rings is 1. The molecule has 1 aromatic carbocycles. The predicted octanol–water partition coefficient (Wildman–Crippen LogP) is 2.23. The Bertz CT molecular complexity index is 441. The van der Waals surface area contributed by atoms with Crippen LogP contribution in [0.3, 0.4) is 0 Å². The SMILES string of the molecule is COc1cc(NC(=O)NC(CO)CC(C)C)cc(OC)c1. The lowest BCUT2D eigenvalue weighted by Crippen LogP contribution is -2.40. The van der Waals surface area contributed by atoms with Gasteiger partial charge in [-0.3, -0.25) is 0 Å². The minimum Gasteiger partial charge on any atom is -0.497 e. The van der Waals surface area contributed by atoms with E-state index in [1.165, 1.54) is 0 Å². The molecule has 0 saturated heterocycles. The van der Waals surface area contributed by atoms with Crippen molar-refractivity contribution in [3.63, 3.8) is 0 Å². The van der Waals surface area contributed by atoms with Crippen molar-refractivity contribution in [2.45, 2.75) is 26.3 Å². The van der Waals surface area contributed by atoms with Gasteiger partial charge in [-0.2, -0.15) is 0 Å². The lowest BCUT2D eigenvalue weighted by atomic mass is 10.0. The quantitative estimate of drug-likeness (QED) is 0.721. The van der Waals surface area contributed by atoms with Gasteiger partial charge < -0.3 is 25.2 Å². The first-order valence-electron chi connectivity index (χ1n) is 6.90. The molecule has 118 valence electrons. The molecule has 1 unspecified atom stereocenters. The van der Waals surface area contributed by atoms with Crippen molar-refractivity contribution in [2.24, 2.45) is 5.92 Å². The Balaban J connectivity index is 2.69. The number of methoxy groups -OCH3 is 2. The summed E-state index contributed by atoms with van der Waals surface area (Å²) in [5, 5.41) is 14.7. The van der Waals surface area contributed by atoms with E-state index in [1.54, 1.807) is 32.4 Å². The van der Waals surface area contributed by atoms with Crippen LogP contribution in [0.1, 0.15) is 20.3 Å². The van der Waals surface area contributed by atoms with Gasteiger partial charge in [0.2, 0.25) is 0 Å². The number of rotatable bonds is 7. The zero-order chi connectivity index (χ0) is 15.8. The minimum absolute atomic E-state index is 0.0902. The highest BCUT2D eigenvalue weighted by atomic mass is 16.5. The Morgan fingerprint density at radius 2 is 1.76 bits per heavy atom. The van der Waals surface area contributed by atoms with Crippen LogP contribution in [0.2, 0.25) is 0 Å². The van der Waals surface area contributed by atoms with Crippen LogP contribution in [-0.2, 0) is 0 Å². The molecule has 6 nitrogen and oxygen atoms in total. The van der Waals surface area contributed by atoms with Crippen LogP contribution in [-0.4, -0.2) is 38.0 Å². The van der Waals surface area contributed by atoms with Crippen LogP contribution in [0.15, 0.2) is 18.2 Å². The Labute approximate surface area is 125 Å². The summed E-state index contributed by atoms with van der Waals surface area (Å²) in [6.07, 6.45) is 0.714. The lowest BCUT2D eigenvalue weighted by molar-refractivity contribution is 0.214. The zero-order valence-corrected chi connectivity index (χ0v) is 13.0. The van der Waals surface area contributed by atoms with Crippen molar-refractivity contribution in [2.75, 3.05) is 26.1 Å². The third-order valence-electron chi connectivity index (χ3n) is 2.92. The topological polar surface area (TPSA) is 79.8 Å². The highest BCUT2D eigenvalue weighted by Crippen LogP contribution is 2.25. The molecule has 1 atom stereocenters. The summed E-state index contributed by atoms with van der Waals surface area (Å²) >= 11 is 0. The first kappa shape index (κ1) is 17.1. The second-order valence-corrected chi connectivity index (χ2v) is 5.21. The maximum atomic E-state index is 11.9. The fourth-order valence-electron chi connectivity index (χ4n) is 1.98. The summed E-state index contributed by atoms with van der Waals surface area (Å²) in [5.74, 6) is 1.57. The Morgan fingerprint density at radius 3 is 2.19 bits per heavy atom. The normalized spacial score (nSPS) is 11.9. The van der Waals surface area contributed by atoms with Gasteiger partial charge in [0.1, 0.15) is 11.5 Å². The van der Waals surface area contributed by atoms with Crippen LogP contribution in [0.5, 0.6) is 11.5 Å². The second-order valence-electron chi connectivity index (χ2n) is 5.21. The maximum Gasteiger partial charge on any atom is 0.319 e. The van der Waals surface area contributed by atoms with Crippen molar-refractivity contribution < 1.29 is 19.4 Å². The van der Waals surface area contributed by atoms with Gasteiger partial charge in [0.15, 0.2) is 0 Å². The number of nitrogens with one attached hydrogen (secondary N) is 2. The van der Waals surface area contributed by atoms with Crippen molar-refractivity contribution in [1.29, 1.82) is 0 Å². The van der Waals surface area contributed by atoms with Gasteiger partial charge in [0.05, 0.1) is 26.9 Å². The van der Waals surface area contributed by atoms with Gasteiger partial charge in [-0.15, -0.1) is 0 Å². The molecule has 1 rings (SSSR count). The van der Waals surface area contributed by atoms with Crippen LogP contribution in [0.25, 0.3) is 0 Å². The Kier molecular flexibility index (Phi) is 6.81. The molecule has 0 bridgehead atoms. The number of hydrogen-bond acceptors (Lipinski definition) is 4. The zero-order valence-electron chi connectivity index (χ0n) is 13.0. The Hall–Kier alpha value is -1.95. The number of carbonyl (C=O) groups is 1. The lowest BCUT2D eigenvalue weighted by Gasteiger charge is -2.19. The highest BCUT2D eigenvalue weighted by molar-refractivity contribution is 5.90. The molecule has 2 amide bonds. The van der Waals surface area contributed by atoms with E-state index < -0.39 is 0 Å². The van der Waals surface area contributed by atoms with E-state index in [0.29, 0.717) is 29.5 Å². The average molecular weight is 296 g/mol. The summed E-state index contributed by atoms with van der Waals surface area (Å²) < 4.78 is 10.3. The molecule has 0 spiro atoms. The summed E-state index contributed by atoms with van der Waals surface area (Å²) in [6, 6.07) is 4.47. The van der Waals surface area contributed by atoms with Crippen LogP contribution >= 0.6 is 0 Å². The number of amides is 2. The molecule has 0 aromatic heterocycles. The molecule has 0 radical (unpaired) electrons. The highest BCUT2D eigenvalue weighted by Gasteiger charge is 2.13. The summed E-state index contributed by atoms with van der Waals surface area (Å²) in [6.45, 7) is 3.98. The molecular weight excluding hydrogens is 272 g/mol. The van der Waals surface area contributed by atoms with Crippen LogP contribution < -0.4 is 20.1 Å². The minimum atomic E-state index is -0.370. The van der Waals surface area contributed by atoms with Gasteiger partial charge in [-0.25, -0.2) is 4.79 Å². The largest absolute Gasteiger partial charge is 0.497 e. The molecule has 0 aliphatic rings. The smallest absolute Gasteiger partial charge is 0.319 e. The molecule has 0 saturated carbocycles. The number of hydrogen-bond donors (Lipinski definition) is 3. The van der Waals surface area contributed by atoms with Gasteiger partial charge >= 0.3 is 6.03 Å². The fourth-order valence-corrected chi connectivity index (χ4v) is 1.98. The number of anilines is 1. The number of carbonyl (C=O) groups excluding carboxylic acids is 1. The third kappa shape index (κ3) is 5.91. The third-order valence-corrected chi connectivity index (χ3v) is 2.92. The molecule has 21 heavy (non-hydrogen) atoms. The molecular formula is C15H24N2O4. The van der Waals surface area contributed by atoms with Crippen molar-refractivity contribution >= 4 is 11.7 Å². The predicted molar refractivity (Wildman–Crippen MR) is 82.0 cm³/mol. The van der Waals surface area contributed by atoms with Crippen molar-refractivity contribution in [1.82, 2.24) is 5.32 Å². The standard InChI is InChI=1S/C15H24N2O4/c1-10(2)5-12(9-18)17-15(19)16-11-6-13(20-3)8-14(7-11)21-4/h6-8,10,12,18H,5,9H2,1-4H3,(H2,16,17,19). The monoisotopic (exact) mass is 296 g/mol. The fraction of sp³-hybridized carbons (Fsp3) is 0.533. The van der Waals surface area contributed by atoms with E-state index in [1.807, 2.05) is 13.8 Å². The molecule has 0 aliphatic heterocycles. The first-order valence-corrected chi connectivity index (χ1v) is 6.90. The second kappa shape index (κ2) is 8.36. The molecule has 1 aromatic rings. The van der Waals surface area contributed by atoms with E-state index in [-0.39, 0.29) is 18.7 Å². The summed E-state index contributed by atoms with van der Waals surface area (Å²) in [4.78, 5) is 11.9. The van der Waals surface area contributed by atoms with E-state index in [9.17, 15) is 9.90 Å². The van der Waals surface area contributed by atoms with E-state index in [4.69, 9.17) is 9.47 Å². The van der Waals surface area contributed by atoms with Crippen LogP contribution in [0.4, 0.5) is 10.5 Å². The average Bonchev–Trinajstić information content (AvgIpc) is 2.45. The molecule has 0 heterocycles.